The fourth-order valence-electron chi connectivity index (χ4n) is 1.10. The zero-order chi connectivity index (χ0) is 12.2. The first-order chi connectivity index (χ1) is 7.43. The molecule has 0 saturated carbocycles. The lowest BCUT2D eigenvalue weighted by Gasteiger charge is -2.03. The molecular formula is C10H14FNO2S2. The van der Waals surface area contributed by atoms with Crippen molar-refractivity contribution in [2.24, 2.45) is 0 Å². The van der Waals surface area contributed by atoms with Gasteiger partial charge in [0.05, 0.1) is 5.75 Å². The Labute approximate surface area is 99.1 Å². The molecule has 0 bridgehead atoms. The Hall–Kier alpha value is -0.750. The summed E-state index contributed by atoms with van der Waals surface area (Å²) in [6, 6.07) is 4.21. The summed E-state index contributed by atoms with van der Waals surface area (Å²) in [5, 5.41) is 0. The number of benzene rings is 1. The highest BCUT2D eigenvalue weighted by Crippen LogP contribution is 2.22. The lowest BCUT2D eigenvalue weighted by molar-refractivity contribution is 0.599. The average molecular weight is 263 g/mol. The Kier molecular flexibility index (Phi) is 4.61. The van der Waals surface area contributed by atoms with Crippen molar-refractivity contribution in [2.45, 2.75) is 11.8 Å². The number of hydrogen-bond acceptors (Lipinski definition) is 4. The van der Waals surface area contributed by atoms with Crippen molar-refractivity contribution < 1.29 is 12.8 Å². The molecule has 3 nitrogen and oxygen atoms in total. The molecule has 0 aromatic heterocycles. The van der Waals surface area contributed by atoms with Gasteiger partial charge in [-0.15, -0.1) is 11.8 Å². The normalized spacial score (nSPS) is 11.6. The summed E-state index contributed by atoms with van der Waals surface area (Å²) in [4.78, 5) is 0.656. The van der Waals surface area contributed by atoms with Gasteiger partial charge >= 0.3 is 0 Å². The van der Waals surface area contributed by atoms with Gasteiger partial charge in [0, 0.05) is 22.1 Å². The van der Waals surface area contributed by atoms with E-state index in [0.717, 1.165) is 0 Å². The monoisotopic (exact) mass is 263 g/mol. The summed E-state index contributed by atoms with van der Waals surface area (Å²) in [6.07, 6.45) is 0. The van der Waals surface area contributed by atoms with E-state index in [1.165, 1.54) is 23.9 Å². The second-order valence-corrected chi connectivity index (χ2v) is 6.95. The van der Waals surface area contributed by atoms with Crippen LogP contribution in [0.2, 0.25) is 0 Å². The number of sulfone groups is 1. The fourth-order valence-corrected chi connectivity index (χ4v) is 3.39. The summed E-state index contributed by atoms with van der Waals surface area (Å²) >= 11 is 1.29. The third kappa shape index (κ3) is 4.40. The van der Waals surface area contributed by atoms with Crippen LogP contribution in [-0.2, 0) is 9.84 Å². The van der Waals surface area contributed by atoms with Crippen molar-refractivity contribution >= 4 is 27.3 Å². The molecule has 2 N–H and O–H groups in total. The first-order valence-electron chi connectivity index (χ1n) is 4.82. The number of nitrogens with two attached hydrogens (primary N) is 1. The summed E-state index contributed by atoms with van der Waals surface area (Å²) < 4.78 is 35.4. The highest BCUT2D eigenvalue weighted by Gasteiger charge is 2.07. The minimum absolute atomic E-state index is 0.102. The van der Waals surface area contributed by atoms with Gasteiger partial charge in [-0.1, -0.05) is 6.92 Å². The predicted molar refractivity (Wildman–Crippen MR) is 65.9 cm³/mol. The second-order valence-electron chi connectivity index (χ2n) is 3.31. The van der Waals surface area contributed by atoms with Crippen molar-refractivity contribution in [3.63, 3.8) is 0 Å². The largest absolute Gasteiger partial charge is 0.399 e. The van der Waals surface area contributed by atoms with Crippen LogP contribution >= 0.6 is 11.8 Å². The second kappa shape index (κ2) is 5.54. The van der Waals surface area contributed by atoms with Crippen LogP contribution in [0.25, 0.3) is 0 Å². The SMILES string of the molecule is CCS(=O)(=O)CCSc1cc(N)cc(F)c1. The van der Waals surface area contributed by atoms with Gasteiger partial charge in [-0.25, -0.2) is 12.8 Å². The molecule has 0 spiro atoms. The molecule has 0 saturated heterocycles. The number of thioether (sulfide) groups is 1. The van der Waals surface area contributed by atoms with E-state index in [4.69, 9.17) is 5.73 Å². The number of rotatable bonds is 5. The van der Waals surface area contributed by atoms with Crippen LogP contribution in [0, 0.1) is 5.82 Å². The van der Waals surface area contributed by atoms with Gasteiger partial charge < -0.3 is 5.73 Å². The van der Waals surface area contributed by atoms with E-state index in [2.05, 4.69) is 0 Å². The highest BCUT2D eigenvalue weighted by atomic mass is 32.2. The molecule has 0 atom stereocenters. The molecule has 1 rings (SSSR count). The van der Waals surface area contributed by atoms with Crippen molar-refractivity contribution in [3.8, 4) is 0 Å². The Morgan fingerprint density at radius 2 is 2.06 bits per heavy atom. The molecule has 0 radical (unpaired) electrons. The van der Waals surface area contributed by atoms with Gasteiger partial charge in [0.25, 0.3) is 0 Å². The Bertz CT molecular complexity index is 440. The van der Waals surface area contributed by atoms with E-state index in [1.54, 1.807) is 13.0 Å². The fraction of sp³-hybridized carbons (Fsp3) is 0.400. The summed E-state index contributed by atoms with van der Waals surface area (Å²) in [6.45, 7) is 1.61. The van der Waals surface area contributed by atoms with Gasteiger partial charge in [-0.05, 0) is 18.2 Å². The molecule has 1 aromatic rings. The minimum atomic E-state index is -2.96. The van der Waals surface area contributed by atoms with Gasteiger partial charge in [-0.3, -0.25) is 0 Å². The van der Waals surface area contributed by atoms with Gasteiger partial charge in [0.2, 0.25) is 0 Å². The molecule has 0 heterocycles. The molecule has 0 unspecified atom stereocenters. The smallest absolute Gasteiger partial charge is 0.150 e. The number of anilines is 1. The van der Waals surface area contributed by atoms with Crippen molar-refractivity contribution in [2.75, 3.05) is 23.0 Å². The van der Waals surface area contributed by atoms with Crippen molar-refractivity contribution in [1.29, 1.82) is 0 Å². The Balaban J connectivity index is 2.55. The third-order valence-corrected chi connectivity index (χ3v) is 4.94. The van der Waals surface area contributed by atoms with Crippen molar-refractivity contribution in [3.05, 3.63) is 24.0 Å². The lowest BCUT2D eigenvalue weighted by atomic mass is 10.3. The number of hydrogen-bond donors (Lipinski definition) is 1. The van der Waals surface area contributed by atoms with Crippen LogP contribution in [0.4, 0.5) is 10.1 Å². The summed E-state index contributed by atoms with van der Waals surface area (Å²) in [5.74, 6) is 0.253. The maximum Gasteiger partial charge on any atom is 0.150 e. The molecule has 6 heteroatoms. The predicted octanol–water partition coefficient (Wildman–Crippen LogP) is 1.93. The van der Waals surface area contributed by atoms with E-state index in [0.29, 0.717) is 16.3 Å². The summed E-state index contributed by atoms with van der Waals surface area (Å²) in [7, 11) is -2.96. The van der Waals surface area contributed by atoms with E-state index in [1.807, 2.05) is 0 Å². The lowest BCUT2D eigenvalue weighted by Crippen LogP contribution is -2.10. The standard InChI is InChI=1S/C10H14FNO2S2/c1-2-16(13,14)4-3-15-10-6-8(11)5-9(12)7-10/h5-7H,2-4,12H2,1H3. The topological polar surface area (TPSA) is 60.2 Å². The first kappa shape index (κ1) is 13.3. The minimum Gasteiger partial charge on any atom is -0.399 e. The van der Waals surface area contributed by atoms with Crippen LogP contribution in [0.15, 0.2) is 23.1 Å². The van der Waals surface area contributed by atoms with Gasteiger partial charge in [0.15, 0.2) is 9.84 Å². The number of halogens is 1. The first-order valence-corrected chi connectivity index (χ1v) is 7.63. The average Bonchev–Trinajstić information content (AvgIpc) is 2.16. The maximum absolute atomic E-state index is 12.9. The molecule has 16 heavy (non-hydrogen) atoms. The van der Waals surface area contributed by atoms with Crippen LogP contribution in [0.3, 0.4) is 0 Å². The molecule has 0 aliphatic carbocycles. The van der Waals surface area contributed by atoms with Crippen LogP contribution in [-0.4, -0.2) is 25.7 Å². The van der Waals surface area contributed by atoms with Gasteiger partial charge in [-0.2, -0.15) is 0 Å². The number of nitrogen functional groups attached to an aromatic ring is 1. The van der Waals surface area contributed by atoms with E-state index in [-0.39, 0.29) is 11.5 Å². The summed E-state index contributed by atoms with van der Waals surface area (Å²) in [5.41, 5.74) is 5.82. The Morgan fingerprint density at radius 1 is 1.38 bits per heavy atom. The van der Waals surface area contributed by atoms with Crippen LogP contribution in [0.1, 0.15) is 6.92 Å². The molecule has 0 aliphatic heterocycles. The molecule has 0 fully saturated rings. The molecule has 0 amide bonds. The highest BCUT2D eigenvalue weighted by molar-refractivity contribution is 8.00. The molecule has 0 aliphatic rings. The third-order valence-electron chi connectivity index (χ3n) is 2.00. The molecular weight excluding hydrogens is 249 g/mol. The van der Waals surface area contributed by atoms with Crippen LogP contribution in [0.5, 0.6) is 0 Å². The maximum atomic E-state index is 12.9. The van der Waals surface area contributed by atoms with Gasteiger partial charge in [0.1, 0.15) is 5.82 Å². The quantitative estimate of drug-likeness (QED) is 0.651. The van der Waals surface area contributed by atoms with E-state index >= 15 is 0 Å². The Morgan fingerprint density at radius 3 is 2.62 bits per heavy atom. The molecule has 90 valence electrons. The van der Waals surface area contributed by atoms with Crippen molar-refractivity contribution in [1.82, 2.24) is 0 Å². The zero-order valence-corrected chi connectivity index (χ0v) is 10.6. The molecule has 1 aromatic carbocycles. The van der Waals surface area contributed by atoms with E-state index < -0.39 is 15.7 Å². The zero-order valence-electron chi connectivity index (χ0n) is 8.94. The van der Waals surface area contributed by atoms with E-state index in [9.17, 15) is 12.8 Å². The van der Waals surface area contributed by atoms with Crippen LogP contribution < -0.4 is 5.73 Å².